The average Bonchev–Trinajstić information content (AvgIpc) is 2.47. The number of carbonyl (C=O) groups is 1. The highest BCUT2D eigenvalue weighted by molar-refractivity contribution is 7.92. The van der Waals surface area contributed by atoms with E-state index in [1.54, 1.807) is 30.3 Å². The first-order chi connectivity index (χ1) is 9.53. The van der Waals surface area contributed by atoms with Gasteiger partial charge in [-0.3, -0.25) is 4.72 Å². The molecule has 0 spiro atoms. The Labute approximate surface area is 117 Å². The van der Waals surface area contributed by atoms with Gasteiger partial charge < -0.3 is 4.74 Å². The van der Waals surface area contributed by atoms with Crippen LogP contribution in [0, 0.1) is 0 Å². The molecule has 0 aliphatic rings. The van der Waals surface area contributed by atoms with E-state index in [0.717, 1.165) is 0 Å². The second-order valence-electron chi connectivity index (χ2n) is 3.99. The number of benzene rings is 2. The van der Waals surface area contributed by atoms with Gasteiger partial charge in [-0.05, 0) is 36.4 Å². The molecule has 0 bridgehead atoms. The van der Waals surface area contributed by atoms with Crippen LogP contribution in [0.5, 0.6) is 0 Å². The molecule has 0 saturated carbocycles. The van der Waals surface area contributed by atoms with Gasteiger partial charge in [0.2, 0.25) is 0 Å². The van der Waals surface area contributed by atoms with Crippen molar-refractivity contribution in [1.82, 2.24) is 0 Å². The predicted molar refractivity (Wildman–Crippen MR) is 75.0 cm³/mol. The summed E-state index contributed by atoms with van der Waals surface area (Å²) in [6, 6.07) is 14.1. The van der Waals surface area contributed by atoms with Gasteiger partial charge >= 0.3 is 5.97 Å². The van der Waals surface area contributed by atoms with Crippen molar-refractivity contribution in [3.05, 3.63) is 60.2 Å². The number of hydrogen-bond donors (Lipinski definition) is 1. The van der Waals surface area contributed by atoms with Crippen molar-refractivity contribution in [1.29, 1.82) is 0 Å². The molecule has 0 saturated heterocycles. The molecule has 1 N–H and O–H groups in total. The Hall–Kier alpha value is -2.34. The van der Waals surface area contributed by atoms with Crippen LogP contribution in [0.25, 0.3) is 0 Å². The quantitative estimate of drug-likeness (QED) is 0.877. The van der Waals surface area contributed by atoms with Gasteiger partial charge in [-0.25, -0.2) is 13.2 Å². The minimum absolute atomic E-state index is 0.0778. The molecule has 5 nitrogen and oxygen atoms in total. The first-order valence-electron chi connectivity index (χ1n) is 5.79. The lowest BCUT2D eigenvalue weighted by molar-refractivity contribution is 0.0600. The van der Waals surface area contributed by atoms with Crippen LogP contribution in [-0.4, -0.2) is 21.5 Å². The van der Waals surface area contributed by atoms with Crippen molar-refractivity contribution >= 4 is 21.7 Å². The fourth-order valence-corrected chi connectivity index (χ4v) is 2.67. The monoisotopic (exact) mass is 291 g/mol. The van der Waals surface area contributed by atoms with Crippen LogP contribution in [0.2, 0.25) is 0 Å². The molecule has 2 aromatic carbocycles. The Bertz CT molecular complexity index is 694. The van der Waals surface area contributed by atoms with E-state index in [-0.39, 0.29) is 4.90 Å². The van der Waals surface area contributed by atoms with Crippen LogP contribution in [-0.2, 0) is 14.8 Å². The van der Waals surface area contributed by atoms with E-state index >= 15 is 0 Å². The zero-order valence-electron chi connectivity index (χ0n) is 10.7. The summed E-state index contributed by atoms with van der Waals surface area (Å²) >= 11 is 0. The molecule has 0 fully saturated rings. The molecule has 0 aliphatic heterocycles. The molecule has 0 radical (unpaired) electrons. The van der Waals surface area contributed by atoms with Crippen molar-refractivity contribution in [2.24, 2.45) is 0 Å². The van der Waals surface area contributed by atoms with E-state index in [1.807, 2.05) is 0 Å². The van der Waals surface area contributed by atoms with Crippen molar-refractivity contribution in [3.8, 4) is 0 Å². The lowest BCUT2D eigenvalue weighted by Gasteiger charge is -2.08. The molecule has 0 aliphatic carbocycles. The third-order valence-electron chi connectivity index (χ3n) is 2.61. The van der Waals surface area contributed by atoms with Gasteiger partial charge in [0.1, 0.15) is 0 Å². The Morgan fingerprint density at radius 3 is 2.15 bits per heavy atom. The summed E-state index contributed by atoms with van der Waals surface area (Å²) in [5, 5.41) is 0. The maximum atomic E-state index is 12.1. The number of methoxy groups -OCH3 is 1. The molecule has 0 atom stereocenters. The molecule has 104 valence electrons. The topological polar surface area (TPSA) is 72.5 Å². The van der Waals surface area contributed by atoms with Gasteiger partial charge in [0.25, 0.3) is 10.0 Å². The summed E-state index contributed by atoms with van der Waals surface area (Å²) in [5.41, 5.74) is 0.774. The maximum Gasteiger partial charge on any atom is 0.337 e. The largest absolute Gasteiger partial charge is 0.465 e. The van der Waals surface area contributed by atoms with Crippen molar-refractivity contribution in [2.75, 3.05) is 11.8 Å². The maximum absolute atomic E-state index is 12.1. The summed E-state index contributed by atoms with van der Waals surface area (Å²) in [4.78, 5) is 11.4. The Morgan fingerprint density at radius 1 is 1.00 bits per heavy atom. The smallest absolute Gasteiger partial charge is 0.337 e. The summed E-state index contributed by atoms with van der Waals surface area (Å²) in [7, 11) is -2.40. The van der Waals surface area contributed by atoms with Crippen LogP contribution >= 0.6 is 0 Å². The van der Waals surface area contributed by atoms with Crippen LogP contribution in [0.4, 0.5) is 5.69 Å². The molecule has 0 heterocycles. The summed E-state index contributed by atoms with van der Waals surface area (Å²) in [5.74, 6) is -0.509. The second-order valence-corrected chi connectivity index (χ2v) is 5.67. The van der Waals surface area contributed by atoms with E-state index in [4.69, 9.17) is 0 Å². The highest BCUT2D eigenvalue weighted by Gasteiger charge is 2.15. The lowest BCUT2D eigenvalue weighted by Crippen LogP contribution is -2.13. The summed E-state index contributed by atoms with van der Waals surface area (Å²) in [6.45, 7) is 0. The minimum Gasteiger partial charge on any atom is -0.465 e. The molecular formula is C14H13NO4S. The second kappa shape index (κ2) is 5.75. The van der Waals surface area contributed by atoms with Gasteiger partial charge in [0.15, 0.2) is 0 Å². The molecule has 6 heteroatoms. The highest BCUT2D eigenvalue weighted by atomic mass is 32.2. The van der Waals surface area contributed by atoms with Crippen molar-refractivity contribution in [3.63, 3.8) is 0 Å². The zero-order valence-corrected chi connectivity index (χ0v) is 11.6. The zero-order chi connectivity index (χ0) is 14.6. The van der Waals surface area contributed by atoms with Gasteiger partial charge in [0, 0.05) is 5.69 Å². The number of hydrogen-bond acceptors (Lipinski definition) is 4. The first kappa shape index (κ1) is 14.1. The number of carbonyl (C=O) groups excluding carboxylic acids is 1. The molecule has 0 amide bonds. The standard InChI is InChI=1S/C14H13NO4S/c1-19-14(16)11-7-9-13(10-8-11)20(17,18)15-12-5-3-2-4-6-12/h2-10,15H,1H3. The molecule has 0 unspecified atom stereocenters. The normalized spacial score (nSPS) is 10.8. The fraction of sp³-hybridized carbons (Fsp3) is 0.0714. The predicted octanol–water partition coefficient (Wildman–Crippen LogP) is 2.27. The highest BCUT2D eigenvalue weighted by Crippen LogP contribution is 2.16. The number of rotatable bonds is 4. The Balaban J connectivity index is 2.24. The van der Waals surface area contributed by atoms with Crippen LogP contribution in [0.1, 0.15) is 10.4 Å². The number of sulfonamides is 1. The van der Waals surface area contributed by atoms with E-state index in [9.17, 15) is 13.2 Å². The minimum atomic E-state index is -3.66. The first-order valence-corrected chi connectivity index (χ1v) is 7.27. The van der Waals surface area contributed by atoms with Gasteiger partial charge in [-0.1, -0.05) is 18.2 Å². The third-order valence-corrected chi connectivity index (χ3v) is 4.01. The van der Waals surface area contributed by atoms with Crippen molar-refractivity contribution < 1.29 is 17.9 Å². The summed E-state index contributed by atoms with van der Waals surface area (Å²) < 4.78 is 31.3. The average molecular weight is 291 g/mol. The molecular weight excluding hydrogens is 278 g/mol. The van der Waals surface area contributed by atoms with Gasteiger partial charge in [0.05, 0.1) is 17.6 Å². The fourth-order valence-electron chi connectivity index (χ4n) is 1.61. The van der Waals surface area contributed by atoms with Crippen LogP contribution < -0.4 is 4.72 Å². The molecule has 20 heavy (non-hydrogen) atoms. The molecule has 2 aromatic rings. The molecule has 0 aromatic heterocycles. The van der Waals surface area contributed by atoms with Gasteiger partial charge in [-0.2, -0.15) is 0 Å². The Kier molecular flexibility index (Phi) is 4.05. The number of anilines is 1. The van der Waals surface area contributed by atoms with Crippen molar-refractivity contribution in [2.45, 2.75) is 4.90 Å². The number of esters is 1. The Morgan fingerprint density at radius 2 is 1.60 bits per heavy atom. The number of para-hydroxylation sites is 1. The number of ether oxygens (including phenoxy) is 1. The van der Waals surface area contributed by atoms with E-state index in [2.05, 4.69) is 9.46 Å². The lowest BCUT2D eigenvalue weighted by atomic mass is 10.2. The van der Waals surface area contributed by atoms with E-state index in [0.29, 0.717) is 11.3 Å². The number of nitrogens with one attached hydrogen (secondary N) is 1. The third kappa shape index (κ3) is 3.16. The van der Waals surface area contributed by atoms with Crippen LogP contribution in [0.3, 0.4) is 0 Å². The molecule has 2 rings (SSSR count). The summed E-state index contributed by atoms with van der Waals surface area (Å²) in [6.07, 6.45) is 0. The van der Waals surface area contributed by atoms with E-state index < -0.39 is 16.0 Å². The van der Waals surface area contributed by atoms with Crippen LogP contribution in [0.15, 0.2) is 59.5 Å². The van der Waals surface area contributed by atoms with E-state index in [1.165, 1.54) is 31.4 Å². The van der Waals surface area contributed by atoms with Gasteiger partial charge in [-0.15, -0.1) is 0 Å². The SMILES string of the molecule is COC(=O)c1ccc(S(=O)(=O)Nc2ccccc2)cc1.